The number of carbonyl (C=O) groups excluding carboxylic acids is 4. The lowest BCUT2D eigenvalue weighted by molar-refractivity contribution is -0.152. The summed E-state index contributed by atoms with van der Waals surface area (Å²) < 4.78 is 18.2. The topological polar surface area (TPSA) is 84.0 Å². The van der Waals surface area contributed by atoms with E-state index in [-0.39, 0.29) is 43.0 Å². The lowest BCUT2D eigenvalue weighted by Gasteiger charge is -2.34. The lowest BCUT2D eigenvalue weighted by atomic mass is 10.0. The number of piperidine rings is 1. The molecule has 0 aliphatic carbocycles. The summed E-state index contributed by atoms with van der Waals surface area (Å²) in [5.41, 5.74) is 0.00248. The molecule has 0 saturated carbocycles. The zero-order valence-electron chi connectivity index (χ0n) is 13.0. The van der Waals surface area contributed by atoms with Crippen LogP contribution in [0.2, 0.25) is 0 Å². The van der Waals surface area contributed by atoms with E-state index in [2.05, 4.69) is 0 Å². The minimum atomic E-state index is -1.06. The molecule has 126 valence electrons. The third-order valence-electron chi connectivity index (χ3n) is 4.19. The van der Waals surface area contributed by atoms with Crippen LogP contribution in [0.4, 0.5) is 4.39 Å². The van der Waals surface area contributed by atoms with Gasteiger partial charge in [0, 0.05) is 13.5 Å². The fourth-order valence-electron chi connectivity index (χ4n) is 2.99. The first-order chi connectivity index (χ1) is 11.5. The number of methoxy groups -OCH3 is 1. The zero-order valence-corrected chi connectivity index (χ0v) is 13.0. The van der Waals surface area contributed by atoms with Gasteiger partial charge in [0.1, 0.15) is 11.9 Å². The number of halogens is 1. The van der Waals surface area contributed by atoms with E-state index in [1.807, 2.05) is 0 Å². The summed E-state index contributed by atoms with van der Waals surface area (Å²) in [7, 11) is 1.44. The van der Waals surface area contributed by atoms with E-state index in [0.29, 0.717) is 0 Å². The van der Waals surface area contributed by atoms with Crippen molar-refractivity contribution >= 4 is 23.6 Å². The molecule has 0 N–H and O–H groups in total. The van der Waals surface area contributed by atoms with Gasteiger partial charge in [0.25, 0.3) is 17.7 Å². The highest BCUT2D eigenvalue weighted by Gasteiger charge is 2.46. The standard InChI is InChI=1S/C16H15FN2O5/c1-24-7-6-18-13(20)5-4-12(16(18)23)19-14(21)10-3-2-9(17)8-11(10)15(19)22/h2-3,8,12H,4-7H2,1H3. The molecule has 2 heterocycles. The molecule has 8 heteroatoms. The van der Waals surface area contributed by atoms with Crippen molar-refractivity contribution in [2.75, 3.05) is 20.3 Å². The van der Waals surface area contributed by atoms with Crippen molar-refractivity contribution in [3.8, 4) is 0 Å². The number of imide groups is 2. The fourth-order valence-corrected chi connectivity index (χ4v) is 2.99. The molecular formula is C16H15FN2O5. The number of fused-ring (bicyclic) bond motifs is 1. The summed E-state index contributed by atoms with van der Waals surface area (Å²) in [6, 6.07) is 2.24. The molecule has 1 aromatic carbocycles. The van der Waals surface area contributed by atoms with E-state index < -0.39 is 29.6 Å². The first-order valence-electron chi connectivity index (χ1n) is 7.46. The van der Waals surface area contributed by atoms with Crippen LogP contribution in [0.25, 0.3) is 0 Å². The maximum atomic E-state index is 13.3. The largest absolute Gasteiger partial charge is 0.383 e. The van der Waals surface area contributed by atoms with Crippen molar-refractivity contribution in [2.45, 2.75) is 18.9 Å². The van der Waals surface area contributed by atoms with Crippen LogP contribution in [-0.2, 0) is 14.3 Å². The van der Waals surface area contributed by atoms with Crippen LogP contribution < -0.4 is 0 Å². The van der Waals surface area contributed by atoms with Crippen LogP contribution >= 0.6 is 0 Å². The summed E-state index contributed by atoms with van der Waals surface area (Å²) in [4.78, 5) is 51.2. The molecule has 1 atom stereocenters. The Labute approximate surface area is 137 Å². The Morgan fingerprint density at radius 2 is 1.88 bits per heavy atom. The number of nitrogens with zero attached hydrogens (tertiary/aromatic N) is 2. The molecule has 0 aromatic heterocycles. The molecule has 2 aliphatic rings. The molecule has 1 saturated heterocycles. The van der Waals surface area contributed by atoms with Gasteiger partial charge >= 0.3 is 0 Å². The summed E-state index contributed by atoms with van der Waals surface area (Å²) in [5, 5.41) is 0. The summed E-state index contributed by atoms with van der Waals surface area (Å²) in [6.07, 6.45) is 0.108. The Morgan fingerprint density at radius 3 is 2.58 bits per heavy atom. The zero-order chi connectivity index (χ0) is 17.4. The van der Waals surface area contributed by atoms with Crippen molar-refractivity contribution in [1.29, 1.82) is 0 Å². The molecule has 0 radical (unpaired) electrons. The number of hydrogen-bond acceptors (Lipinski definition) is 5. The maximum Gasteiger partial charge on any atom is 0.262 e. The number of ether oxygens (including phenoxy) is 1. The van der Waals surface area contributed by atoms with Gasteiger partial charge in [-0.25, -0.2) is 4.39 Å². The molecule has 24 heavy (non-hydrogen) atoms. The highest BCUT2D eigenvalue weighted by atomic mass is 19.1. The summed E-state index contributed by atoms with van der Waals surface area (Å²) in [6.45, 7) is 0.222. The van der Waals surface area contributed by atoms with Crippen molar-refractivity contribution in [1.82, 2.24) is 9.80 Å². The van der Waals surface area contributed by atoms with E-state index in [1.165, 1.54) is 13.2 Å². The fraction of sp³-hybridized carbons (Fsp3) is 0.375. The maximum absolute atomic E-state index is 13.3. The van der Waals surface area contributed by atoms with Gasteiger partial charge in [0.15, 0.2) is 0 Å². The minimum Gasteiger partial charge on any atom is -0.383 e. The molecule has 2 aliphatic heterocycles. The number of rotatable bonds is 4. The van der Waals surface area contributed by atoms with E-state index in [1.54, 1.807) is 0 Å². The smallest absolute Gasteiger partial charge is 0.262 e. The van der Waals surface area contributed by atoms with E-state index >= 15 is 0 Å². The number of carbonyl (C=O) groups is 4. The van der Waals surface area contributed by atoms with Gasteiger partial charge in [-0.05, 0) is 24.6 Å². The molecule has 0 bridgehead atoms. The Hall–Kier alpha value is -2.61. The third kappa shape index (κ3) is 2.48. The van der Waals surface area contributed by atoms with Gasteiger partial charge in [-0.2, -0.15) is 0 Å². The van der Waals surface area contributed by atoms with Gasteiger partial charge < -0.3 is 4.74 Å². The highest BCUT2D eigenvalue weighted by Crippen LogP contribution is 2.29. The van der Waals surface area contributed by atoms with Crippen LogP contribution in [-0.4, -0.2) is 59.7 Å². The first kappa shape index (κ1) is 16.3. The van der Waals surface area contributed by atoms with Crippen LogP contribution in [0.15, 0.2) is 18.2 Å². The normalized spacial score (nSPS) is 20.8. The van der Waals surface area contributed by atoms with Crippen LogP contribution in [0.1, 0.15) is 33.6 Å². The van der Waals surface area contributed by atoms with E-state index in [9.17, 15) is 23.6 Å². The third-order valence-corrected chi connectivity index (χ3v) is 4.19. The Kier molecular flexibility index (Phi) is 4.15. The minimum absolute atomic E-state index is 0.0435. The predicted molar refractivity (Wildman–Crippen MR) is 78.5 cm³/mol. The van der Waals surface area contributed by atoms with Crippen molar-refractivity contribution in [2.24, 2.45) is 0 Å². The quantitative estimate of drug-likeness (QED) is 0.752. The van der Waals surface area contributed by atoms with Crippen LogP contribution in [0.5, 0.6) is 0 Å². The van der Waals surface area contributed by atoms with E-state index in [0.717, 1.165) is 21.9 Å². The second-order valence-electron chi connectivity index (χ2n) is 5.60. The summed E-state index contributed by atoms with van der Waals surface area (Å²) in [5.74, 6) is -2.97. The molecule has 1 aromatic rings. The molecule has 1 fully saturated rings. The van der Waals surface area contributed by atoms with Gasteiger partial charge in [-0.1, -0.05) is 0 Å². The molecule has 7 nitrogen and oxygen atoms in total. The monoisotopic (exact) mass is 334 g/mol. The average molecular weight is 334 g/mol. The van der Waals surface area contributed by atoms with Crippen LogP contribution in [0, 0.1) is 5.82 Å². The molecule has 0 spiro atoms. The second-order valence-corrected chi connectivity index (χ2v) is 5.60. The Balaban J connectivity index is 1.89. The van der Waals surface area contributed by atoms with Gasteiger partial charge in [-0.3, -0.25) is 29.0 Å². The number of hydrogen-bond donors (Lipinski definition) is 0. The number of likely N-dealkylation sites (tertiary alicyclic amines) is 1. The van der Waals surface area contributed by atoms with Crippen molar-refractivity contribution in [3.05, 3.63) is 35.1 Å². The predicted octanol–water partition coefficient (Wildman–Crippen LogP) is 0.586. The summed E-state index contributed by atoms with van der Waals surface area (Å²) >= 11 is 0. The average Bonchev–Trinajstić information content (AvgIpc) is 2.79. The lowest BCUT2D eigenvalue weighted by Crippen LogP contribution is -2.56. The van der Waals surface area contributed by atoms with Crippen molar-refractivity contribution in [3.63, 3.8) is 0 Å². The molecular weight excluding hydrogens is 319 g/mol. The molecule has 1 unspecified atom stereocenters. The number of amides is 4. The van der Waals surface area contributed by atoms with Crippen LogP contribution in [0.3, 0.4) is 0 Å². The SMILES string of the molecule is COCCN1C(=O)CCC(N2C(=O)c3ccc(F)cc3C2=O)C1=O. The molecule has 3 rings (SSSR count). The molecule has 4 amide bonds. The Morgan fingerprint density at radius 1 is 1.17 bits per heavy atom. The first-order valence-corrected chi connectivity index (χ1v) is 7.46. The number of benzene rings is 1. The van der Waals surface area contributed by atoms with Gasteiger partial charge in [0.2, 0.25) is 5.91 Å². The highest BCUT2D eigenvalue weighted by molar-refractivity contribution is 6.23. The van der Waals surface area contributed by atoms with Gasteiger partial charge in [0.05, 0.1) is 24.3 Å². The van der Waals surface area contributed by atoms with E-state index in [4.69, 9.17) is 4.74 Å². The van der Waals surface area contributed by atoms with Gasteiger partial charge in [-0.15, -0.1) is 0 Å². The second kappa shape index (κ2) is 6.12. The van der Waals surface area contributed by atoms with Crippen molar-refractivity contribution < 1.29 is 28.3 Å². The Bertz CT molecular complexity index is 748.